The van der Waals surface area contributed by atoms with Crippen molar-refractivity contribution in [2.24, 2.45) is 10.9 Å². The minimum absolute atomic E-state index is 0.0672. The fourth-order valence-corrected chi connectivity index (χ4v) is 2.65. The molecule has 1 aliphatic rings. The van der Waals surface area contributed by atoms with Crippen molar-refractivity contribution in [2.75, 3.05) is 20.1 Å². The second kappa shape index (κ2) is 6.13. The summed E-state index contributed by atoms with van der Waals surface area (Å²) in [5.41, 5.74) is 6.60. The molecular formula is C15H22N4O2. The largest absolute Gasteiger partial charge is 0.409 e. The summed E-state index contributed by atoms with van der Waals surface area (Å²) in [5, 5.41) is 15.2. The molecule has 6 heteroatoms. The molecule has 1 aromatic rings. The molecule has 21 heavy (non-hydrogen) atoms. The van der Waals surface area contributed by atoms with Crippen LogP contribution in [-0.4, -0.2) is 47.5 Å². The number of piperidine rings is 1. The number of carbonyl (C=O) groups is 1. The highest BCUT2D eigenvalue weighted by Crippen LogP contribution is 2.23. The van der Waals surface area contributed by atoms with Crippen LogP contribution in [0.4, 0.5) is 0 Å². The van der Waals surface area contributed by atoms with Gasteiger partial charge in [-0.1, -0.05) is 23.4 Å². The van der Waals surface area contributed by atoms with E-state index < -0.39 is 5.54 Å². The molecule has 1 fully saturated rings. The van der Waals surface area contributed by atoms with Crippen molar-refractivity contribution in [1.82, 2.24) is 10.2 Å². The predicted molar refractivity (Wildman–Crippen MR) is 81.5 cm³/mol. The molecule has 0 aromatic heterocycles. The van der Waals surface area contributed by atoms with Crippen LogP contribution in [0, 0.1) is 6.92 Å². The summed E-state index contributed by atoms with van der Waals surface area (Å²) in [6, 6.07) is 7.38. The molecule has 1 saturated heterocycles. The quantitative estimate of drug-likeness (QED) is 0.334. The van der Waals surface area contributed by atoms with Crippen LogP contribution >= 0.6 is 0 Å². The van der Waals surface area contributed by atoms with E-state index in [0.717, 1.165) is 18.7 Å². The second-order valence-electron chi connectivity index (χ2n) is 5.64. The Morgan fingerprint density at radius 3 is 2.57 bits per heavy atom. The highest BCUT2D eigenvalue weighted by molar-refractivity contribution is 6.01. The molecule has 114 valence electrons. The minimum atomic E-state index is -0.777. The van der Waals surface area contributed by atoms with E-state index in [0.29, 0.717) is 18.4 Å². The summed E-state index contributed by atoms with van der Waals surface area (Å²) in [6.07, 6.45) is 1.24. The zero-order valence-electron chi connectivity index (χ0n) is 12.5. The van der Waals surface area contributed by atoms with E-state index in [1.165, 1.54) is 0 Å². The van der Waals surface area contributed by atoms with Crippen molar-refractivity contribution < 1.29 is 10.0 Å². The average Bonchev–Trinajstić information content (AvgIpc) is 2.49. The lowest BCUT2D eigenvalue weighted by Gasteiger charge is -2.40. The van der Waals surface area contributed by atoms with Crippen LogP contribution in [0.3, 0.4) is 0 Å². The van der Waals surface area contributed by atoms with E-state index in [4.69, 9.17) is 10.9 Å². The Balaban J connectivity index is 2.24. The summed E-state index contributed by atoms with van der Waals surface area (Å²) in [5.74, 6) is -0.123. The number of benzene rings is 1. The van der Waals surface area contributed by atoms with Crippen molar-refractivity contribution in [3.63, 3.8) is 0 Å². The van der Waals surface area contributed by atoms with Crippen LogP contribution in [0.2, 0.25) is 0 Å². The molecule has 1 heterocycles. The van der Waals surface area contributed by atoms with Gasteiger partial charge in [0.1, 0.15) is 5.54 Å². The zero-order valence-corrected chi connectivity index (χ0v) is 12.5. The molecule has 0 unspecified atom stereocenters. The van der Waals surface area contributed by atoms with Crippen LogP contribution in [0.1, 0.15) is 28.8 Å². The number of oxime groups is 1. The number of aryl methyl sites for hydroxylation is 1. The standard InChI is InChI=1S/C15H22N4O2/c1-11-5-3-4-6-12(11)13(20)17-15(14(16)18-21)7-9-19(2)10-8-15/h3-6,21H,7-10H2,1-2H3,(H2,16,18)(H,17,20). The van der Waals surface area contributed by atoms with Crippen molar-refractivity contribution in [3.05, 3.63) is 35.4 Å². The maximum absolute atomic E-state index is 12.5. The molecule has 0 aliphatic carbocycles. The van der Waals surface area contributed by atoms with E-state index in [2.05, 4.69) is 15.4 Å². The van der Waals surface area contributed by atoms with Gasteiger partial charge in [0.25, 0.3) is 5.91 Å². The van der Waals surface area contributed by atoms with Gasteiger partial charge in [-0.25, -0.2) is 0 Å². The Labute approximate surface area is 124 Å². The molecule has 0 saturated carbocycles. The van der Waals surface area contributed by atoms with Gasteiger partial charge in [0.05, 0.1) is 0 Å². The first-order chi connectivity index (χ1) is 9.98. The Morgan fingerprint density at radius 2 is 2.00 bits per heavy atom. The van der Waals surface area contributed by atoms with E-state index in [9.17, 15) is 4.79 Å². The van der Waals surface area contributed by atoms with Gasteiger partial charge in [-0.05, 0) is 38.4 Å². The van der Waals surface area contributed by atoms with Gasteiger partial charge in [-0.3, -0.25) is 4.79 Å². The Hall–Kier alpha value is -2.08. The molecule has 0 atom stereocenters. The number of likely N-dealkylation sites (tertiary alicyclic amines) is 1. The van der Waals surface area contributed by atoms with Gasteiger partial charge < -0.3 is 21.2 Å². The van der Waals surface area contributed by atoms with Gasteiger partial charge >= 0.3 is 0 Å². The lowest BCUT2D eigenvalue weighted by Crippen LogP contribution is -2.62. The number of rotatable bonds is 3. The first kappa shape index (κ1) is 15.3. The second-order valence-corrected chi connectivity index (χ2v) is 5.64. The first-order valence-electron chi connectivity index (χ1n) is 7.03. The SMILES string of the molecule is Cc1ccccc1C(=O)NC1(/C(N)=N/O)CCN(C)CC1. The number of hydrogen-bond donors (Lipinski definition) is 3. The zero-order chi connectivity index (χ0) is 15.5. The van der Waals surface area contributed by atoms with E-state index in [1.807, 2.05) is 32.2 Å². The van der Waals surface area contributed by atoms with Gasteiger partial charge in [0.15, 0.2) is 5.84 Å². The van der Waals surface area contributed by atoms with Crippen LogP contribution in [-0.2, 0) is 0 Å². The number of nitrogens with zero attached hydrogens (tertiary/aromatic N) is 2. The molecule has 0 radical (unpaired) electrons. The molecule has 2 rings (SSSR count). The van der Waals surface area contributed by atoms with Crippen molar-refractivity contribution in [3.8, 4) is 0 Å². The minimum Gasteiger partial charge on any atom is -0.409 e. The van der Waals surface area contributed by atoms with Crippen LogP contribution in [0.5, 0.6) is 0 Å². The van der Waals surface area contributed by atoms with Crippen LogP contribution in [0.25, 0.3) is 0 Å². The third kappa shape index (κ3) is 3.16. The lowest BCUT2D eigenvalue weighted by atomic mass is 9.86. The van der Waals surface area contributed by atoms with Gasteiger partial charge in [0, 0.05) is 18.7 Å². The van der Waals surface area contributed by atoms with Crippen molar-refractivity contribution in [2.45, 2.75) is 25.3 Å². The summed E-state index contributed by atoms with van der Waals surface area (Å²) in [7, 11) is 2.01. The summed E-state index contributed by atoms with van der Waals surface area (Å²) < 4.78 is 0. The topological polar surface area (TPSA) is 91.0 Å². The molecule has 0 bridgehead atoms. The highest BCUT2D eigenvalue weighted by Gasteiger charge is 2.39. The Morgan fingerprint density at radius 1 is 1.38 bits per heavy atom. The fourth-order valence-electron chi connectivity index (χ4n) is 2.65. The van der Waals surface area contributed by atoms with E-state index >= 15 is 0 Å². The van der Waals surface area contributed by atoms with Gasteiger partial charge in [-0.15, -0.1) is 0 Å². The van der Waals surface area contributed by atoms with Crippen LogP contribution in [0.15, 0.2) is 29.4 Å². The van der Waals surface area contributed by atoms with Gasteiger partial charge in [0.2, 0.25) is 0 Å². The lowest BCUT2D eigenvalue weighted by molar-refractivity contribution is 0.0885. The molecular weight excluding hydrogens is 268 g/mol. The molecule has 1 amide bonds. The molecule has 4 N–H and O–H groups in total. The smallest absolute Gasteiger partial charge is 0.252 e. The summed E-state index contributed by atoms with van der Waals surface area (Å²) in [4.78, 5) is 14.7. The number of amides is 1. The highest BCUT2D eigenvalue weighted by atomic mass is 16.4. The van der Waals surface area contributed by atoms with Crippen LogP contribution < -0.4 is 11.1 Å². The summed E-state index contributed by atoms with van der Waals surface area (Å²) in [6.45, 7) is 3.45. The number of hydrogen-bond acceptors (Lipinski definition) is 4. The van der Waals surface area contributed by atoms with Crippen molar-refractivity contribution in [1.29, 1.82) is 0 Å². The average molecular weight is 290 g/mol. The molecule has 1 aromatic carbocycles. The Kier molecular flexibility index (Phi) is 4.47. The maximum Gasteiger partial charge on any atom is 0.252 e. The normalized spacial score (nSPS) is 19.2. The van der Waals surface area contributed by atoms with E-state index in [-0.39, 0.29) is 11.7 Å². The predicted octanol–water partition coefficient (Wildman–Crippen LogP) is 0.936. The third-order valence-corrected chi connectivity index (χ3v) is 4.18. The summed E-state index contributed by atoms with van der Waals surface area (Å²) >= 11 is 0. The Bertz CT molecular complexity index is 548. The third-order valence-electron chi connectivity index (χ3n) is 4.18. The number of carbonyl (C=O) groups excluding carboxylic acids is 1. The molecule has 0 spiro atoms. The maximum atomic E-state index is 12.5. The monoisotopic (exact) mass is 290 g/mol. The number of nitrogens with two attached hydrogens (primary N) is 1. The number of amidine groups is 1. The fraction of sp³-hybridized carbons (Fsp3) is 0.467. The molecule has 6 nitrogen and oxygen atoms in total. The van der Waals surface area contributed by atoms with Crippen molar-refractivity contribution >= 4 is 11.7 Å². The first-order valence-corrected chi connectivity index (χ1v) is 7.03. The van der Waals surface area contributed by atoms with E-state index in [1.54, 1.807) is 6.07 Å². The molecule has 1 aliphatic heterocycles. The van der Waals surface area contributed by atoms with Gasteiger partial charge in [-0.2, -0.15) is 0 Å². The number of nitrogens with one attached hydrogen (secondary N) is 1.